The molecule has 0 bridgehead atoms. The molecule has 0 atom stereocenters. The van der Waals surface area contributed by atoms with Crippen LogP contribution in [0, 0.1) is 0 Å². The molecule has 3 rings (SSSR count). The van der Waals surface area contributed by atoms with Gasteiger partial charge in [-0.2, -0.15) is 5.10 Å². The number of fused-ring (bicyclic) bond motifs is 1. The molecule has 0 spiro atoms. The van der Waals surface area contributed by atoms with Crippen molar-refractivity contribution in [3.63, 3.8) is 0 Å². The molecule has 0 aliphatic carbocycles. The highest BCUT2D eigenvalue weighted by molar-refractivity contribution is 6.34. The van der Waals surface area contributed by atoms with Crippen molar-refractivity contribution in [2.24, 2.45) is 7.05 Å². The van der Waals surface area contributed by atoms with E-state index in [1.165, 1.54) is 6.20 Å². The molecule has 0 aliphatic rings. The van der Waals surface area contributed by atoms with E-state index in [1.54, 1.807) is 23.0 Å². The van der Waals surface area contributed by atoms with Gasteiger partial charge in [0.1, 0.15) is 0 Å². The lowest BCUT2D eigenvalue weighted by atomic mass is 10.1. The van der Waals surface area contributed by atoms with Crippen molar-refractivity contribution in [3.05, 3.63) is 41.3 Å². The summed E-state index contributed by atoms with van der Waals surface area (Å²) < 4.78 is 1.67. The second-order valence-electron chi connectivity index (χ2n) is 4.29. The Morgan fingerprint density at radius 2 is 2.26 bits per heavy atom. The van der Waals surface area contributed by atoms with Gasteiger partial charge in [-0.05, 0) is 12.1 Å². The van der Waals surface area contributed by atoms with Crippen molar-refractivity contribution in [1.29, 1.82) is 0 Å². The highest BCUT2D eigenvalue weighted by Gasteiger charge is 2.14. The Kier molecular flexibility index (Phi) is 2.57. The maximum absolute atomic E-state index is 11.1. The van der Waals surface area contributed by atoms with Crippen LogP contribution in [0.15, 0.2) is 30.7 Å². The molecule has 0 saturated heterocycles. The summed E-state index contributed by atoms with van der Waals surface area (Å²) in [5, 5.41) is 14.4. The summed E-state index contributed by atoms with van der Waals surface area (Å²) in [6.45, 7) is 0. The van der Waals surface area contributed by atoms with Gasteiger partial charge < -0.3 is 10.1 Å². The lowest BCUT2D eigenvalue weighted by molar-refractivity contribution is 0.0699. The van der Waals surface area contributed by atoms with Crippen molar-refractivity contribution >= 4 is 28.5 Å². The van der Waals surface area contributed by atoms with Gasteiger partial charge in [0, 0.05) is 41.5 Å². The number of carboxylic acids is 1. The van der Waals surface area contributed by atoms with Crippen molar-refractivity contribution in [2.45, 2.75) is 0 Å². The van der Waals surface area contributed by atoms with Crippen LogP contribution in [0.5, 0.6) is 0 Å². The molecular formula is C13H10ClN3O2. The Bertz CT molecular complexity index is 788. The van der Waals surface area contributed by atoms with Gasteiger partial charge in [0.25, 0.3) is 0 Å². The number of halogens is 1. The van der Waals surface area contributed by atoms with Crippen molar-refractivity contribution in [2.75, 3.05) is 0 Å². The zero-order valence-electron chi connectivity index (χ0n) is 10.0. The fraction of sp³-hybridized carbons (Fsp3) is 0.0769. The van der Waals surface area contributed by atoms with E-state index in [2.05, 4.69) is 10.1 Å². The highest BCUT2D eigenvalue weighted by Crippen LogP contribution is 2.33. The minimum Gasteiger partial charge on any atom is -0.478 e. The van der Waals surface area contributed by atoms with Crippen molar-refractivity contribution in [3.8, 4) is 11.1 Å². The van der Waals surface area contributed by atoms with Gasteiger partial charge in [-0.3, -0.25) is 4.68 Å². The standard InChI is InChI=1S/C13H10ClN3O2/c1-17-6-7(4-16-17)8-2-9-10(13(18)19)5-15-12(9)3-11(8)14/h2-6,15H,1H3,(H,18,19). The van der Waals surface area contributed by atoms with Crippen LogP contribution in [-0.2, 0) is 7.05 Å². The number of nitrogens with zero attached hydrogens (tertiary/aromatic N) is 2. The Morgan fingerprint density at radius 3 is 2.89 bits per heavy atom. The molecule has 1 aromatic carbocycles. The summed E-state index contributed by atoms with van der Waals surface area (Å²) in [7, 11) is 1.81. The van der Waals surface area contributed by atoms with Crippen LogP contribution >= 0.6 is 11.6 Å². The number of aromatic amines is 1. The molecular weight excluding hydrogens is 266 g/mol. The largest absolute Gasteiger partial charge is 0.478 e. The maximum atomic E-state index is 11.1. The molecule has 96 valence electrons. The quantitative estimate of drug-likeness (QED) is 0.755. The molecule has 3 aromatic rings. The first-order valence-corrected chi connectivity index (χ1v) is 5.97. The SMILES string of the molecule is Cn1cc(-c2cc3c(C(=O)O)c[nH]c3cc2Cl)cn1. The zero-order valence-corrected chi connectivity index (χ0v) is 10.8. The average molecular weight is 276 g/mol. The predicted molar refractivity (Wildman–Crippen MR) is 72.5 cm³/mol. The number of nitrogens with one attached hydrogen (secondary N) is 1. The van der Waals surface area contributed by atoms with Crippen LogP contribution in [0.4, 0.5) is 0 Å². The lowest BCUT2D eigenvalue weighted by Crippen LogP contribution is -1.93. The number of aromatic carboxylic acids is 1. The lowest BCUT2D eigenvalue weighted by Gasteiger charge is -2.02. The van der Waals surface area contributed by atoms with Crippen LogP contribution in [0.25, 0.3) is 22.0 Å². The summed E-state index contributed by atoms with van der Waals surface area (Å²) in [5.74, 6) is -0.967. The minimum absolute atomic E-state index is 0.233. The topological polar surface area (TPSA) is 70.9 Å². The monoisotopic (exact) mass is 275 g/mol. The van der Waals surface area contributed by atoms with Gasteiger partial charge in [-0.15, -0.1) is 0 Å². The van der Waals surface area contributed by atoms with E-state index in [9.17, 15) is 4.79 Å². The molecule has 0 saturated carbocycles. The summed E-state index contributed by atoms with van der Waals surface area (Å²) in [4.78, 5) is 14.1. The predicted octanol–water partition coefficient (Wildman–Crippen LogP) is 2.92. The highest BCUT2D eigenvalue weighted by atomic mass is 35.5. The fourth-order valence-corrected chi connectivity index (χ4v) is 2.37. The van der Waals surface area contributed by atoms with Gasteiger partial charge >= 0.3 is 5.97 Å². The van der Waals surface area contributed by atoms with Crippen LogP contribution in [0.2, 0.25) is 5.02 Å². The molecule has 0 unspecified atom stereocenters. The second kappa shape index (κ2) is 4.13. The molecule has 2 N–H and O–H groups in total. The van der Waals surface area contributed by atoms with Crippen LogP contribution < -0.4 is 0 Å². The molecule has 2 heterocycles. The second-order valence-corrected chi connectivity index (χ2v) is 4.70. The normalized spacial score (nSPS) is 11.1. The Hall–Kier alpha value is -2.27. The Morgan fingerprint density at radius 1 is 1.47 bits per heavy atom. The number of hydrogen-bond donors (Lipinski definition) is 2. The van der Waals surface area contributed by atoms with Crippen LogP contribution in [0.1, 0.15) is 10.4 Å². The van der Waals surface area contributed by atoms with Gasteiger partial charge in [-0.1, -0.05) is 11.6 Å². The molecule has 0 amide bonds. The third kappa shape index (κ3) is 1.88. The zero-order chi connectivity index (χ0) is 13.6. The summed E-state index contributed by atoms with van der Waals surface area (Å²) in [6, 6.07) is 3.50. The van der Waals surface area contributed by atoms with Crippen molar-refractivity contribution < 1.29 is 9.90 Å². The maximum Gasteiger partial charge on any atom is 0.337 e. The number of aromatic nitrogens is 3. The van der Waals surface area contributed by atoms with E-state index >= 15 is 0 Å². The number of H-pyrrole nitrogens is 1. The van der Waals surface area contributed by atoms with Gasteiger partial charge in [0.05, 0.1) is 16.8 Å². The molecule has 5 nitrogen and oxygen atoms in total. The average Bonchev–Trinajstić information content (AvgIpc) is 2.93. The first kappa shape index (κ1) is 11.8. The van der Waals surface area contributed by atoms with Crippen LogP contribution in [-0.4, -0.2) is 25.8 Å². The van der Waals surface area contributed by atoms with Gasteiger partial charge in [0.2, 0.25) is 0 Å². The van der Waals surface area contributed by atoms with E-state index in [4.69, 9.17) is 16.7 Å². The third-order valence-electron chi connectivity index (χ3n) is 3.02. The first-order valence-electron chi connectivity index (χ1n) is 5.59. The van der Waals surface area contributed by atoms with Gasteiger partial charge in [0.15, 0.2) is 0 Å². The number of hydrogen-bond acceptors (Lipinski definition) is 2. The fourth-order valence-electron chi connectivity index (χ4n) is 2.10. The van der Waals surface area contributed by atoms with E-state index < -0.39 is 5.97 Å². The van der Waals surface area contributed by atoms with E-state index in [0.29, 0.717) is 15.9 Å². The van der Waals surface area contributed by atoms with E-state index in [1.807, 2.05) is 13.2 Å². The minimum atomic E-state index is -0.967. The number of rotatable bonds is 2. The van der Waals surface area contributed by atoms with E-state index in [0.717, 1.165) is 11.1 Å². The summed E-state index contributed by atoms with van der Waals surface area (Å²) >= 11 is 6.23. The van der Waals surface area contributed by atoms with E-state index in [-0.39, 0.29) is 5.56 Å². The molecule has 19 heavy (non-hydrogen) atoms. The van der Waals surface area contributed by atoms with Crippen LogP contribution in [0.3, 0.4) is 0 Å². The number of carboxylic acid groups (broad SMARTS) is 1. The van der Waals surface area contributed by atoms with Crippen molar-refractivity contribution in [1.82, 2.24) is 14.8 Å². The summed E-state index contributed by atoms with van der Waals surface area (Å²) in [6.07, 6.45) is 5.00. The molecule has 0 aliphatic heterocycles. The first-order chi connectivity index (χ1) is 9.06. The molecule has 0 radical (unpaired) electrons. The molecule has 6 heteroatoms. The smallest absolute Gasteiger partial charge is 0.337 e. The molecule has 0 fully saturated rings. The summed E-state index contributed by atoms with van der Waals surface area (Å²) in [5.41, 5.74) is 2.56. The number of benzene rings is 1. The third-order valence-corrected chi connectivity index (χ3v) is 3.33. The number of carbonyl (C=O) groups is 1. The Balaban J connectivity index is 2.27. The molecule has 2 aromatic heterocycles. The van der Waals surface area contributed by atoms with Gasteiger partial charge in [-0.25, -0.2) is 4.79 Å². The Labute approximate surface area is 113 Å². The number of aryl methyl sites for hydroxylation is 1.